The van der Waals surface area contributed by atoms with Crippen molar-refractivity contribution < 1.29 is 13.5 Å². The average molecular weight is 230 g/mol. The van der Waals surface area contributed by atoms with Crippen molar-refractivity contribution >= 4 is 11.6 Å². The van der Waals surface area contributed by atoms with Gasteiger partial charge in [0.2, 0.25) is 0 Å². The Balaban J connectivity index is 2.18. The summed E-state index contributed by atoms with van der Waals surface area (Å²) in [6.45, 7) is 1.12. The summed E-state index contributed by atoms with van der Waals surface area (Å²) in [5.41, 5.74) is 2.06. The lowest BCUT2D eigenvalue weighted by atomic mass is 10.2. The molecular formula is C9H12F2N4O. The van der Waals surface area contributed by atoms with Crippen molar-refractivity contribution in [1.82, 2.24) is 4.98 Å². The molecule has 2 rings (SSSR count). The minimum absolute atomic E-state index is 0.00177. The van der Waals surface area contributed by atoms with Gasteiger partial charge in [-0.2, -0.15) is 0 Å². The van der Waals surface area contributed by atoms with Crippen molar-refractivity contribution in [3.05, 3.63) is 17.7 Å². The van der Waals surface area contributed by atoms with Crippen molar-refractivity contribution in [2.24, 2.45) is 5.84 Å². The van der Waals surface area contributed by atoms with Gasteiger partial charge in [-0.25, -0.2) is 19.6 Å². The van der Waals surface area contributed by atoms with Gasteiger partial charge in [0.15, 0.2) is 23.3 Å². The predicted octanol–water partition coefficient (Wildman–Crippen LogP) is 0.846. The summed E-state index contributed by atoms with van der Waals surface area (Å²) < 4.78 is 31.5. The molecule has 0 spiro atoms. The Hall–Kier alpha value is -1.47. The van der Waals surface area contributed by atoms with Crippen LogP contribution in [0.25, 0.3) is 0 Å². The molecular weight excluding hydrogens is 218 g/mol. The fourth-order valence-corrected chi connectivity index (χ4v) is 1.51. The van der Waals surface area contributed by atoms with Gasteiger partial charge in [0.25, 0.3) is 0 Å². The Morgan fingerprint density at radius 2 is 2.12 bits per heavy atom. The number of hydrogen-bond acceptors (Lipinski definition) is 5. The zero-order valence-electron chi connectivity index (χ0n) is 8.46. The molecule has 1 aromatic rings. The van der Waals surface area contributed by atoms with Crippen LogP contribution in [0, 0.1) is 11.6 Å². The van der Waals surface area contributed by atoms with E-state index in [1.807, 2.05) is 0 Å². The van der Waals surface area contributed by atoms with Crippen LogP contribution in [0.15, 0.2) is 6.07 Å². The molecule has 0 saturated carbocycles. The summed E-state index contributed by atoms with van der Waals surface area (Å²) in [6, 6.07) is 0.735. The van der Waals surface area contributed by atoms with Gasteiger partial charge in [0.1, 0.15) is 0 Å². The Morgan fingerprint density at radius 3 is 2.75 bits per heavy atom. The minimum Gasteiger partial charge on any atom is -0.379 e. The second-order valence-electron chi connectivity index (χ2n) is 3.50. The summed E-state index contributed by atoms with van der Waals surface area (Å²) in [5, 5.41) is 2.84. The molecule has 16 heavy (non-hydrogen) atoms. The number of nitrogens with one attached hydrogen (secondary N) is 2. The zero-order valence-corrected chi connectivity index (χ0v) is 8.46. The molecule has 1 atom stereocenters. The molecule has 1 saturated heterocycles. The van der Waals surface area contributed by atoms with Gasteiger partial charge in [-0.05, 0) is 6.42 Å². The topological polar surface area (TPSA) is 72.2 Å². The number of ether oxygens (including phenoxy) is 1. The lowest BCUT2D eigenvalue weighted by molar-refractivity contribution is 0.195. The van der Waals surface area contributed by atoms with Crippen molar-refractivity contribution in [1.29, 1.82) is 0 Å². The Kier molecular flexibility index (Phi) is 3.16. The highest BCUT2D eigenvalue weighted by molar-refractivity contribution is 5.47. The number of aromatic nitrogens is 1. The molecule has 1 aromatic heterocycles. The Morgan fingerprint density at radius 1 is 1.38 bits per heavy atom. The highest BCUT2D eigenvalue weighted by Gasteiger charge is 2.19. The second kappa shape index (κ2) is 4.58. The summed E-state index contributed by atoms with van der Waals surface area (Å²) in [7, 11) is 0. The third-order valence-corrected chi connectivity index (χ3v) is 2.34. The zero-order chi connectivity index (χ0) is 11.5. The maximum absolute atomic E-state index is 13.3. The van der Waals surface area contributed by atoms with Gasteiger partial charge in [-0.15, -0.1) is 0 Å². The third-order valence-electron chi connectivity index (χ3n) is 2.34. The van der Waals surface area contributed by atoms with E-state index in [4.69, 9.17) is 10.6 Å². The highest BCUT2D eigenvalue weighted by Crippen LogP contribution is 2.20. The number of anilines is 2. The first-order chi connectivity index (χ1) is 7.70. The van der Waals surface area contributed by atoms with Gasteiger partial charge in [-0.3, -0.25) is 0 Å². The van der Waals surface area contributed by atoms with Crippen LogP contribution in [0.1, 0.15) is 6.42 Å². The number of rotatable bonds is 3. The number of pyridine rings is 1. The van der Waals surface area contributed by atoms with Crippen molar-refractivity contribution in [2.75, 3.05) is 24.0 Å². The smallest absolute Gasteiger partial charge is 0.178 e. The van der Waals surface area contributed by atoms with E-state index in [0.29, 0.717) is 13.2 Å². The van der Waals surface area contributed by atoms with Crippen LogP contribution in [0.4, 0.5) is 20.4 Å². The molecule has 7 heteroatoms. The van der Waals surface area contributed by atoms with Crippen LogP contribution in [0.3, 0.4) is 0 Å². The van der Waals surface area contributed by atoms with E-state index < -0.39 is 11.6 Å². The lowest BCUT2D eigenvalue weighted by Crippen LogP contribution is -2.21. The molecule has 1 unspecified atom stereocenters. The molecule has 5 nitrogen and oxygen atoms in total. The fourth-order valence-electron chi connectivity index (χ4n) is 1.51. The quantitative estimate of drug-likeness (QED) is 0.530. The van der Waals surface area contributed by atoms with Gasteiger partial charge in [-0.1, -0.05) is 0 Å². The number of nitrogens with zero attached hydrogens (tertiary/aromatic N) is 1. The number of nitrogens with two attached hydrogens (primary N) is 1. The monoisotopic (exact) mass is 230 g/mol. The number of halogens is 2. The van der Waals surface area contributed by atoms with Crippen LogP contribution < -0.4 is 16.6 Å². The molecule has 0 radical (unpaired) electrons. The van der Waals surface area contributed by atoms with Crippen LogP contribution >= 0.6 is 0 Å². The highest BCUT2D eigenvalue weighted by atomic mass is 19.1. The van der Waals surface area contributed by atoms with Crippen molar-refractivity contribution in [2.45, 2.75) is 12.5 Å². The maximum Gasteiger partial charge on any atom is 0.178 e. The van der Waals surface area contributed by atoms with Gasteiger partial charge < -0.3 is 15.5 Å². The molecule has 0 aliphatic carbocycles. The maximum atomic E-state index is 13.3. The minimum atomic E-state index is -0.826. The first-order valence-corrected chi connectivity index (χ1v) is 4.87. The van der Waals surface area contributed by atoms with Crippen molar-refractivity contribution in [3.8, 4) is 0 Å². The normalized spacial score (nSPS) is 19.8. The summed E-state index contributed by atoms with van der Waals surface area (Å²) in [4.78, 5) is 3.70. The summed E-state index contributed by atoms with van der Waals surface area (Å²) in [6.07, 6.45) is 0.768. The van der Waals surface area contributed by atoms with Crippen LogP contribution in [-0.4, -0.2) is 24.2 Å². The van der Waals surface area contributed by atoms with Gasteiger partial charge in [0, 0.05) is 12.7 Å². The van der Waals surface area contributed by atoms with E-state index in [1.54, 1.807) is 0 Å². The van der Waals surface area contributed by atoms with E-state index in [1.165, 1.54) is 0 Å². The van der Waals surface area contributed by atoms with E-state index in [-0.39, 0.29) is 17.7 Å². The second-order valence-corrected chi connectivity index (χ2v) is 3.50. The molecule has 1 aliphatic heterocycles. The number of nitrogen functional groups attached to an aromatic ring is 1. The van der Waals surface area contributed by atoms with Crippen LogP contribution in [-0.2, 0) is 4.74 Å². The lowest BCUT2D eigenvalue weighted by Gasteiger charge is -2.13. The molecule has 0 aromatic carbocycles. The van der Waals surface area contributed by atoms with Crippen LogP contribution in [0.2, 0.25) is 0 Å². The van der Waals surface area contributed by atoms with E-state index in [9.17, 15) is 8.78 Å². The number of hydrazine groups is 1. The molecule has 0 amide bonds. The average Bonchev–Trinajstić information content (AvgIpc) is 2.75. The Bertz CT molecular complexity index is 382. The molecule has 0 bridgehead atoms. The standard InChI is InChI=1S/C9H12F2N4O/c10-6-3-7(11)9(15-12)14-8(6)13-5-1-2-16-4-5/h3,5H,1-2,4,12H2,(H2,13,14,15). The fraction of sp³-hybridized carbons (Fsp3) is 0.444. The molecule has 2 heterocycles. The van der Waals surface area contributed by atoms with Crippen molar-refractivity contribution in [3.63, 3.8) is 0 Å². The van der Waals surface area contributed by atoms with Crippen LogP contribution in [0.5, 0.6) is 0 Å². The predicted molar refractivity (Wildman–Crippen MR) is 54.8 cm³/mol. The summed E-state index contributed by atoms with van der Waals surface area (Å²) >= 11 is 0. The molecule has 4 N–H and O–H groups in total. The van der Waals surface area contributed by atoms with Gasteiger partial charge >= 0.3 is 0 Å². The first kappa shape index (κ1) is 11.0. The molecule has 88 valence electrons. The molecule has 1 fully saturated rings. The SMILES string of the molecule is NNc1nc(NC2CCOC2)c(F)cc1F. The largest absolute Gasteiger partial charge is 0.379 e. The van der Waals surface area contributed by atoms with E-state index in [0.717, 1.165) is 12.5 Å². The van der Waals surface area contributed by atoms with E-state index in [2.05, 4.69) is 15.7 Å². The van der Waals surface area contributed by atoms with Gasteiger partial charge in [0.05, 0.1) is 12.6 Å². The molecule has 1 aliphatic rings. The summed E-state index contributed by atoms with van der Waals surface area (Å²) in [5.74, 6) is 3.26. The first-order valence-electron chi connectivity index (χ1n) is 4.87. The van der Waals surface area contributed by atoms with E-state index >= 15 is 0 Å². The Labute approximate surface area is 91.0 Å². The number of hydrogen-bond donors (Lipinski definition) is 3. The third kappa shape index (κ3) is 2.20.